The van der Waals surface area contributed by atoms with Crippen molar-refractivity contribution >= 4 is 22.4 Å². The monoisotopic (exact) mass is 240 g/mol. The summed E-state index contributed by atoms with van der Waals surface area (Å²) in [6.45, 7) is 1.88. The maximum Gasteiger partial charge on any atom is 0.358 e. The average Bonchev–Trinajstić information content (AvgIpc) is 2.76. The Bertz CT molecular complexity index is 759. The van der Waals surface area contributed by atoms with E-state index in [9.17, 15) is 4.79 Å². The van der Waals surface area contributed by atoms with Gasteiger partial charge in [0.05, 0.1) is 18.1 Å². The molecule has 0 N–H and O–H groups in total. The molecular weight excluding hydrogens is 228 g/mol. The van der Waals surface area contributed by atoms with Crippen LogP contribution in [0.2, 0.25) is 0 Å². The van der Waals surface area contributed by atoms with Gasteiger partial charge in [0.2, 0.25) is 0 Å². The summed E-state index contributed by atoms with van der Waals surface area (Å²) >= 11 is 0. The molecule has 0 aliphatic carbocycles. The largest absolute Gasteiger partial charge is 0.464 e. The Morgan fingerprint density at radius 2 is 1.94 bits per heavy atom. The zero-order chi connectivity index (χ0) is 12.7. The number of ether oxygens (including phenoxy) is 1. The lowest BCUT2D eigenvalue weighted by atomic mass is 10.2. The van der Waals surface area contributed by atoms with Crippen LogP contribution in [0.4, 0.5) is 0 Å². The lowest BCUT2D eigenvalue weighted by Crippen LogP contribution is -2.02. The highest BCUT2D eigenvalue weighted by molar-refractivity contribution is 5.97. The number of carbonyl (C=O) groups is 1. The third-order valence-corrected chi connectivity index (χ3v) is 3.06. The molecule has 18 heavy (non-hydrogen) atoms. The van der Waals surface area contributed by atoms with Crippen molar-refractivity contribution in [2.24, 2.45) is 0 Å². The molecule has 0 saturated carbocycles. The van der Waals surface area contributed by atoms with Crippen LogP contribution in [0.5, 0.6) is 0 Å². The number of rotatable bonds is 1. The second-order valence-electron chi connectivity index (χ2n) is 4.11. The van der Waals surface area contributed by atoms with E-state index in [0.717, 1.165) is 22.2 Å². The summed E-state index contributed by atoms with van der Waals surface area (Å²) in [5.41, 5.74) is 2.17. The Labute approximate surface area is 104 Å². The summed E-state index contributed by atoms with van der Waals surface area (Å²) in [4.78, 5) is 16.0. The molecule has 0 aliphatic rings. The quantitative estimate of drug-likeness (QED) is 0.614. The molecule has 3 rings (SSSR count). The molecule has 0 aliphatic heterocycles. The normalized spacial score (nSPS) is 11.0. The lowest BCUT2D eigenvalue weighted by Gasteiger charge is -2.03. The number of esters is 1. The third kappa shape index (κ3) is 1.39. The van der Waals surface area contributed by atoms with Crippen LogP contribution in [0.15, 0.2) is 36.4 Å². The van der Waals surface area contributed by atoms with Crippen LogP contribution >= 0.6 is 0 Å². The Morgan fingerprint density at radius 1 is 1.17 bits per heavy atom. The van der Waals surface area contributed by atoms with Crippen molar-refractivity contribution in [2.75, 3.05) is 7.11 Å². The fourth-order valence-corrected chi connectivity index (χ4v) is 2.25. The molecule has 0 atom stereocenters. The molecule has 2 heterocycles. The fourth-order valence-electron chi connectivity index (χ4n) is 2.25. The Balaban J connectivity index is 2.46. The maximum atomic E-state index is 11.7. The fraction of sp³-hybridized carbons (Fsp3) is 0.143. The minimum atomic E-state index is -0.407. The molecule has 4 nitrogen and oxygen atoms in total. The molecule has 0 unspecified atom stereocenters. The van der Waals surface area contributed by atoms with Crippen molar-refractivity contribution in [3.8, 4) is 0 Å². The highest BCUT2D eigenvalue weighted by Gasteiger charge is 2.17. The number of benzene rings is 1. The predicted octanol–water partition coefficient (Wildman–Crippen LogP) is 2.58. The Hall–Kier alpha value is -2.36. The number of hydrogen-bond acceptors (Lipinski definition) is 3. The van der Waals surface area contributed by atoms with Crippen LogP contribution in [0, 0.1) is 6.92 Å². The van der Waals surface area contributed by atoms with E-state index in [4.69, 9.17) is 4.74 Å². The van der Waals surface area contributed by atoms with E-state index >= 15 is 0 Å². The van der Waals surface area contributed by atoms with Gasteiger partial charge in [-0.25, -0.2) is 9.78 Å². The van der Waals surface area contributed by atoms with Crippen molar-refractivity contribution in [2.45, 2.75) is 6.92 Å². The Kier molecular flexibility index (Phi) is 2.30. The number of aryl methyl sites for hydroxylation is 1. The van der Waals surface area contributed by atoms with E-state index in [-0.39, 0.29) is 0 Å². The van der Waals surface area contributed by atoms with Gasteiger partial charge in [-0.2, -0.15) is 0 Å². The standard InChI is InChI=1S/C14H12N2O2/c1-9-15-13(14(17)18-2)12-8-7-10-5-3-4-6-11(10)16(9)12/h3-8H,1-2H3. The van der Waals surface area contributed by atoms with Gasteiger partial charge in [-0.1, -0.05) is 24.3 Å². The van der Waals surface area contributed by atoms with Gasteiger partial charge in [0, 0.05) is 0 Å². The third-order valence-electron chi connectivity index (χ3n) is 3.06. The predicted molar refractivity (Wildman–Crippen MR) is 68.8 cm³/mol. The van der Waals surface area contributed by atoms with Crippen LogP contribution in [0.3, 0.4) is 0 Å². The average molecular weight is 240 g/mol. The number of hydrogen-bond donors (Lipinski definition) is 0. The van der Waals surface area contributed by atoms with Crippen molar-refractivity contribution in [3.05, 3.63) is 47.9 Å². The maximum absolute atomic E-state index is 11.7. The van der Waals surface area contributed by atoms with Crippen molar-refractivity contribution in [1.82, 2.24) is 9.38 Å². The number of nitrogens with zero attached hydrogens (tertiary/aromatic N) is 2. The SMILES string of the molecule is COC(=O)c1nc(C)n2c1ccc1ccccc12. The van der Waals surface area contributed by atoms with Crippen LogP contribution in [0.1, 0.15) is 16.3 Å². The van der Waals surface area contributed by atoms with E-state index in [1.165, 1.54) is 7.11 Å². The van der Waals surface area contributed by atoms with Gasteiger partial charge in [-0.3, -0.25) is 4.40 Å². The zero-order valence-corrected chi connectivity index (χ0v) is 10.2. The number of fused-ring (bicyclic) bond motifs is 3. The number of imidazole rings is 1. The van der Waals surface area contributed by atoms with E-state index in [2.05, 4.69) is 4.98 Å². The van der Waals surface area contributed by atoms with E-state index < -0.39 is 5.97 Å². The summed E-state index contributed by atoms with van der Waals surface area (Å²) in [5.74, 6) is 0.373. The highest BCUT2D eigenvalue weighted by atomic mass is 16.5. The molecule has 0 spiro atoms. The van der Waals surface area contributed by atoms with Gasteiger partial charge in [-0.15, -0.1) is 0 Å². The number of aromatic nitrogens is 2. The molecule has 0 radical (unpaired) electrons. The van der Waals surface area contributed by atoms with Gasteiger partial charge in [0.25, 0.3) is 0 Å². The first kappa shape index (κ1) is 10.8. The first-order valence-electron chi connectivity index (χ1n) is 5.67. The summed E-state index contributed by atoms with van der Waals surface area (Å²) in [5, 5.41) is 1.11. The first-order chi connectivity index (χ1) is 8.72. The van der Waals surface area contributed by atoms with Gasteiger partial charge in [0.1, 0.15) is 5.82 Å². The van der Waals surface area contributed by atoms with Crippen LogP contribution in [-0.2, 0) is 4.74 Å². The first-order valence-corrected chi connectivity index (χ1v) is 5.67. The van der Waals surface area contributed by atoms with Crippen LogP contribution in [-0.4, -0.2) is 22.5 Å². The molecule has 3 aromatic rings. The van der Waals surface area contributed by atoms with Crippen LogP contribution < -0.4 is 0 Å². The molecule has 4 heteroatoms. The molecule has 0 bridgehead atoms. The van der Waals surface area contributed by atoms with Gasteiger partial charge in [-0.05, 0) is 24.4 Å². The second kappa shape index (κ2) is 3.84. The molecule has 2 aromatic heterocycles. The molecule has 90 valence electrons. The van der Waals surface area contributed by atoms with E-state index in [0.29, 0.717) is 5.69 Å². The van der Waals surface area contributed by atoms with Crippen molar-refractivity contribution in [3.63, 3.8) is 0 Å². The minimum absolute atomic E-state index is 0.362. The van der Waals surface area contributed by atoms with E-state index in [1.54, 1.807) is 0 Å². The number of carbonyl (C=O) groups excluding carboxylic acids is 1. The molecule has 0 amide bonds. The van der Waals surface area contributed by atoms with E-state index in [1.807, 2.05) is 47.7 Å². The summed E-state index contributed by atoms with van der Waals surface area (Å²) in [6.07, 6.45) is 0. The molecule has 1 aromatic carbocycles. The molecule has 0 fully saturated rings. The number of pyridine rings is 1. The Morgan fingerprint density at radius 3 is 2.72 bits per heavy atom. The van der Waals surface area contributed by atoms with Gasteiger partial charge < -0.3 is 4.74 Å². The second-order valence-corrected chi connectivity index (χ2v) is 4.11. The minimum Gasteiger partial charge on any atom is -0.464 e. The van der Waals surface area contributed by atoms with Crippen molar-refractivity contribution < 1.29 is 9.53 Å². The lowest BCUT2D eigenvalue weighted by molar-refractivity contribution is 0.0597. The van der Waals surface area contributed by atoms with Crippen LogP contribution in [0.25, 0.3) is 16.4 Å². The zero-order valence-electron chi connectivity index (χ0n) is 10.2. The number of para-hydroxylation sites is 1. The summed E-state index contributed by atoms with van der Waals surface area (Å²) in [6, 6.07) is 11.9. The topological polar surface area (TPSA) is 43.6 Å². The summed E-state index contributed by atoms with van der Waals surface area (Å²) in [7, 11) is 1.36. The molecule has 0 saturated heterocycles. The summed E-state index contributed by atoms with van der Waals surface area (Å²) < 4.78 is 6.73. The highest BCUT2D eigenvalue weighted by Crippen LogP contribution is 2.21. The smallest absolute Gasteiger partial charge is 0.358 e. The number of methoxy groups -OCH3 is 1. The van der Waals surface area contributed by atoms with Gasteiger partial charge in [0.15, 0.2) is 5.69 Å². The van der Waals surface area contributed by atoms with Crippen molar-refractivity contribution in [1.29, 1.82) is 0 Å². The molecular formula is C14H12N2O2. The van der Waals surface area contributed by atoms with Gasteiger partial charge >= 0.3 is 5.97 Å².